The summed E-state index contributed by atoms with van der Waals surface area (Å²) in [5, 5.41) is 0. The van der Waals surface area contributed by atoms with E-state index >= 15 is 0 Å². The summed E-state index contributed by atoms with van der Waals surface area (Å²) in [6.07, 6.45) is 0. The fourth-order valence-corrected chi connectivity index (χ4v) is 2.86. The molecule has 0 aliphatic heterocycles. The van der Waals surface area contributed by atoms with Crippen molar-refractivity contribution in [3.05, 3.63) is 101 Å². The molecule has 0 amide bonds. The molecule has 3 rings (SSSR count). The van der Waals surface area contributed by atoms with Crippen LogP contribution in [0.2, 0.25) is 0 Å². The molecule has 1 atom stereocenters. The van der Waals surface area contributed by atoms with Crippen LogP contribution in [0.3, 0.4) is 0 Å². The standard InChI is InChI=1S/C24H22O3/c1-16-12-13-17(2)22(14-16)27-24(26)18(3)20-10-7-11-21(15-20)23(25)19-8-5-4-6-9-19/h4-15,18H,1-3H3/t18-/m1/s1. The zero-order valence-corrected chi connectivity index (χ0v) is 15.7. The van der Waals surface area contributed by atoms with Gasteiger partial charge in [-0.1, -0.05) is 60.7 Å². The molecule has 27 heavy (non-hydrogen) atoms. The highest BCUT2D eigenvalue weighted by atomic mass is 16.5. The van der Waals surface area contributed by atoms with E-state index in [2.05, 4.69) is 0 Å². The molecule has 0 aliphatic carbocycles. The van der Waals surface area contributed by atoms with Gasteiger partial charge in [0.2, 0.25) is 0 Å². The molecule has 0 spiro atoms. The van der Waals surface area contributed by atoms with Gasteiger partial charge in [0.1, 0.15) is 5.75 Å². The lowest BCUT2D eigenvalue weighted by molar-refractivity contribution is -0.135. The monoisotopic (exact) mass is 358 g/mol. The van der Waals surface area contributed by atoms with Gasteiger partial charge in [0.05, 0.1) is 5.92 Å². The summed E-state index contributed by atoms with van der Waals surface area (Å²) in [5.74, 6) is -0.308. The third kappa shape index (κ3) is 4.32. The number of esters is 1. The topological polar surface area (TPSA) is 43.4 Å². The first-order valence-corrected chi connectivity index (χ1v) is 8.94. The molecule has 0 bridgehead atoms. The van der Waals surface area contributed by atoms with Crippen molar-refractivity contribution in [2.24, 2.45) is 0 Å². The fourth-order valence-electron chi connectivity index (χ4n) is 2.86. The van der Waals surface area contributed by atoms with E-state index in [0.717, 1.165) is 16.7 Å². The van der Waals surface area contributed by atoms with Gasteiger partial charge in [-0.2, -0.15) is 0 Å². The molecule has 0 aliphatic rings. The summed E-state index contributed by atoms with van der Waals surface area (Å²) in [6, 6.07) is 22.1. The van der Waals surface area contributed by atoms with E-state index in [-0.39, 0.29) is 11.8 Å². The first kappa shape index (κ1) is 18.6. The largest absolute Gasteiger partial charge is 0.426 e. The van der Waals surface area contributed by atoms with Gasteiger partial charge in [0.15, 0.2) is 5.78 Å². The van der Waals surface area contributed by atoms with Crippen LogP contribution in [0.5, 0.6) is 5.75 Å². The summed E-state index contributed by atoms with van der Waals surface area (Å²) in [7, 11) is 0. The summed E-state index contributed by atoms with van der Waals surface area (Å²) in [6.45, 7) is 5.66. The molecule has 0 radical (unpaired) electrons. The molecule has 136 valence electrons. The number of carbonyl (C=O) groups excluding carboxylic acids is 2. The van der Waals surface area contributed by atoms with Crippen LogP contribution in [-0.2, 0) is 4.79 Å². The minimum absolute atomic E-state index is 0.0625. The number of ketones is 1. The Morgan fingerprint density at radius 2 is 1.52 bits per heavy atom. The molecule has 0 saturated carbocycles. The second-order valence-electron chi connectivity index (χ2n) is 6.73. The maximum atomic E-state index is 12.6. The van der Waals surface area contributed by atoms with Gasteiger partial charge in [-0.15, -0.1) is 0 Å². The Kier molecular flexibility index (Phi) is 5.51. The van der Waals surface area contributed by atoms with Crippen LogP contribution in [0.15, 0.2) is 72.8 Å². The van der Waals surface area contributed by atoms with Crippen LogP contribution < -0.4 is 4.74 Å². The average molecular weight is 358 g/mol. The van der Waals surface area contributed by atoms with Gasteiger partial charge >= 0.3 is 5.97 Å². The number of aryl methyl sites for hydroxylation is 2. The zero-order chi connectivity index (χ0) is 19.4. The molecule has 0 fully saturated rings. The third-order valence-electron chi connectivity index (χ3n) is 4.59. The maximum Gasteiger partial charge on any atom is 0.318 e. The normalized spacial score (nSPS) is 11.7. The van der Waals surface area contributed by atoms with Gasteiger partial charge in [-0.25, -0.2) is 0 Å². The van der Waals surface area contributed by atoms with Crippen LogP contribution in [0.25, 0.3) is 0 Å². The molecular formula is C24H22O3. The molecule has 3 heteroatoms. The second-order valence-corrected chi connectivity index (χ2v) is 6.73. The summed E-state index contributed by atoms with van der Waals surface area (Å²) in [4.78, 5) is 25.3. The molecule has 0 aromatic heterocycles. The van der Waals surface area contributed by atoms with Crippen LogP contribution in [0.1, 0.15) is 45.5 Å². The highest BCUT2D eigenvalue weighted by Crippen LogP contribution is 2.24. The summed E-state index contributed by atoms with van der Waals surface area (Å²) < 4.78 is 5.60. The third-order valence-corrected chi connectivity index (χ3v) is 4.59. The van der Waals surface area contributed by atoms with Crippen molar-refractivity contribution in [1.82, 2.24) is 0 Å². The van der Waals surface area contributed by atoms with E-state index in [0.29, 0.717) is 16.9 Å². The van der Waals surface area contributed by atoms with Crippen LogP contribution in [0, 0.1) is 13.8 Å². The number of rotatable bonds is 5. The number of carbonyl (C=O) groups is 2. The predicted molar refractivity (Wildman–Crippen MR) is 106 cm³/mol. The first-order chi connectivity index (χ1) is 13.0. The van der Waals surface area contributed by atoms with Crippen molar-refractivity contribution in [2.75, 3.05) is 0 Å². The van der Waals surface area contributed by atoms with Gasteiger partial charge < -0.3 is 4.74 Å². The van der Waals surface area contributed by atoms with Crippen LogP contribution in [-0.4, -0.2) is 11.8 Å². The molecule has 0 unspecified atom stereocenters. The Balaban J connectivity index is 1.80. The van der Waals surface area contributed by atoms with Gasteiger partial charge in [-0.3, -0.25) is 9.59 Å². The van der Waals surface area contributed by atoms with Crippen LogP contribution >= 0.6 is 0 Å². The minimum Gasteiger partial charge on any atom is -0.426 e. The first-order valence-electron chi connectivity index (χ1n) is 8.94. The van der Waals surface area contributed by atoms with Crippen molar-refractivity contribution >= 4 is 11.8 Å². The zero-order valence-electron chi connectivity index (χ0n) is 15.7. The number of ether oxygens (including phenoxy) is 1. The summed E-state index contributed by atoms with van der Waals surface area (Å²) >= 11 is 0. The lowest BCUT2D eigenvalue weighted by atomic mass is 9.96. The highest BCUT2D eigenvalue weighted by Gasteiger charge is 2.20. The maximum absolute atomic E-state index is 12.6. The smallest absolute Gasteiger partial charge is 0.318 e. The molecule has 0 saturated heterocycles. The molecule has 3 nitrogen and oxygen atoms in total. The Hall–Kier alpha value is -3.20. The number of hydrogen-bond donors (Lipinski definition) is 0. The average Bonchev–Trinajstić information content (AvgIpc) is 2.70. The quantitative estimate of drug-likeness (QED) is 0.356. The van der Waals surface area contributed by atoms with E-state index < -0.39 is 5.92 Å². The van der Waals surface area contributed by atoms with Gasteiger partial charge in [0.25, 0.3) is 0 Å². The van der Waals surface area contributed by atoms with Gasteiger partial charge in [0, 0.05) is 11.1 Å². The molecule has 3 aromatic carbocycles. The van der Waals surface area contributed by atoms with Gasteiger partial charge in [-0.05, 0) is 49.6 Å². The van der Waals surface area contributed by atoms with E-state index in [1.54, 1.807) is 37.3 Å². The van der Waals surface area contributed by atoms with E-state index in [9.17, 15) is 9.59 Å². The van der Waals surface area contributed by atoms with Crippen molar-refractivity contribution in [3.8, 4) is 5.75 Å². The van der Waals surface area contributed by atoms with E-state index in [1.807, 2.05) is 56.3 Å². The lowest BCUT2D eigenvalue weighted by Gasteiger charge is -2.14. The van der Waals surface area contributed by atoms with Crippen molar-refractivity contribution in [2.45, 2.75) is 26.7 Å². The molecule has 0 N–H and O–H groups in total. The Morgan fingerprint density at radius 1 is 0.815 bits per heavy atom. The minimum atomic E-state index is -0.478. The van der Waals surface area contributed by atoms with Crippen LogP contribution in [0.4, 0.5) is 0 Å². The van der Waals surface area contributed by atoms with Crippen molar-refractivity contribution < 1.29 is 14.3 Å². The lowest BCUT2D eigenvalue weighted by Crippen LogP contribution is -2.17. The Morgan fingerprint density at radius 3 is 2.26 bits per heavy atom. The highest BCUT2D eigenvalue weighted by molar-refractivity contribution is 6.09. The molecule has 0 heterocycles. The Labute approximate surface area is 159 Å². The fraction of sp³-hybridized carbons (Fsp3) is 0.167. The van der Waals surface area contributed by atoms with Crippen molar-refractivity contribution in [1.29, 1.82) is 0 Å². The summed E-state index contributed by atoms with van der Waals surface area (Å²) in [5.41, 5.74) is 3.89. The number of benzene rings is 3. The number of hydrogen-bond acceptors (Lipinski definition) is 3. The second kappa shape index (κ2) is 8.00. The predicted octanol–water partition coefficient (Wildman–Crippen LogP) is 5.24. The molecule has 3 aromatic rings. The Bertz CT molecular complexity index is 974. The van der Waals surface area contributed by atoms with E-state index in [4.69, 9.17) is 4.74 Å². The molecular weight excluding hydrogens is 336 g/mol. The van der Waals surface area contributed by atoms with Crippen molar-refractivity contribution in [3.63, 3.8) is 0 Å². The SMILES string of the molecule is Cc1ccc(C)c(OC(=O)[C@H](C)c2cccc(C(=O)c3ccccc3)c2)c1. The van der Waals surface area contributed by atoms with E-state index in [1.165, 1.54) is 0 Å².